The second kappa shape index (κ2) is 4.51. The number of hydrogen-bond donors (Lipinski definition) is 0. The van der Waals surface area contributed by atoms with Gasteiger partial charge in [-0.25, -0.2) is 0 Å². The van der Waals surface area contributed by atoms with Crippen molar-refractivity contribution < 1.29 is 0 Å². The fourth-order valence-electron chi connectivity index (χ4n) is 1.31. The molecule has 0 saturated heterocycles. The topological polar surface area (TPSA) is 25.8 Å². The summed E-state index contributed by atoms with van der Waals surface area (Å²) in [6.45, 7) is 1.99. The maximum Gasteiger partial charge on any atom is 0.0633 e. The van der Waals surface area contributed by atoms with E-state index in [1.54, 1.807) is 6.20 Å². The molecular formula is C13H12N2. The normalized spacial score (nSPS) is 10.7. The Bertz CT molecular complexity index is 461. The summed E-state index contributed by atoms with van der Waals surface area (Å²) in [5.41, 5.74) is 3.09. The van der Waals surface area contributed by atoms with E-state index in [0.29, 0.717) is 0 Å². The van der Waals surface area contributed by atoms with Crippen LogP contribution in [-0.4, -0.2) is 9.97 Å². The van der Waals surface area contributed by atoms with Crippen LogP contribution in [0.1, 0.15) is 17.0 Å². The Labute approximate surface area is 89.3 Å². The van der Waals surface area contributed by atoms with Crippen molar-refractivity contribution in [2.45, 2.75) is 6.92 Å². The van der Waals surface area contributed by atoms with E-state index in [0.717, 1.165) is 17.0 Å². The van der Waals surface area contributed by atoms with Crippen LogP contribution in [-0.2, 0) is 0 Å². The van der Waals surface area contributed by atoms with Crippen LogP contribution in [0.5, 0.6) is 0 Å². The van der Waals surface area contributed by atoms with Crippen molar-refractivity contribution >= 4 is 12.2 Å². The van der Waals surface area contributed by atoms with Crippen molar-refractivity contribution in [3.63, 3.8) is 0 Å². The molecule has 0 saturated carbocycles. The predicted octanol–water partition coefficient (Wildman–Crippen LogP) is 2.96. The first-order valence-electron chi connectivity index (χ1n) is 4.86. The summed E-state index contributed by atoms with van der Waals surface area (Å²) in [6.07, 6.45) is 7.59. The van der Waals surface area contributed by atoms with Gasteiger partial charge in [0.2, 0.25) is 0 Å². The zero-order chi connectivity index (χ0) is 10.5. The molecule has 0 amide bonds. The van der Waals surface area contributed by atoms with Gasteiger partial charge in [0, 0.05) is 18.1 Å². The molecule has 0 radical (unpaired) electrons. The average Bonchev–Trinajstić information content (AvgIpc) is 2.28. The quantitative estimate of drug-likeness (QED) is 0.738. The Kier molecular flexibility index (Phi) is 2.88. The third-order valence-electron chi connectivity index (χ3n) is 2.04. The predicted molar refractivity (Wildman–Crippen MR) is 62.1 cm³/mol. The van der Waals surface area contributed by atoms with Gasteiger partial charge in [-0.05, 0) is 36.8 Å². The third-order valence-corrected chi connectivity index (χ3v) is 2.04. The molecule has 0 atom stereocenters. The lowest BCUT2D eigenvalue weighted by atomic mass is 10.2. The lowest BCUT2D eigenvalue weighted by Gasteiger charge is -1.94. The highest BCUT2D eigenvalue weighted by molar-refractivity contribution is 5.67. The SMILES string of the molecule is Cc1cccc(/C=C/c2cccnc2)n1. The molecule has 2 heteroatoms. The molecule has 74 valence electrons. The van der Waals surface area contributed by atoms with Crippen LogP contribution < -0.4 is 0 Å². The fraction of sp³-hybridized carbons (Fsp3) is 0.0769. The van der Waals surface area contributed by atoms with Crippen molar-refractivity contribution in [1.29, 1.82) is 0 Å². The average molecular weight is 196 g/mol. The molecule has 0 spiro atoms. The zero-order valence-corrected chi connectivity index (χ0v) is 8.59. The van der Waals surface area contributed by atoms with Crippen molar-refractivity contribution in [1.82, 2.24) is 9.97 Å². The van der Waals surface area contributed by atoms with E-state index < -0.39 is 0 Å². The van der Waals surface area contributed by atoms with Crippen molar-refractivity contribution in [3.8, 4) is 0 Å². The highest BCUT2D eigenvalue weighted by Crippen LogP contribution is 2.05. The molecule has 0 unspecified atom stereocenters. The van der Waals surface area contributed by atoms with Gasteiger partial charge in [0.25, 0.3) is 0 Å². The second-order valence-electron chi connectivity index (χ2n) is 3.32. The Morgan fingerprint density at radius 1 is 1.07 bits per heavy atom. The molecule has 0 bridgehead atoms. The van der Waals surface area contributed by atoms with Crippen molar-refractivity contribution in [2.75, 3.05) is 0 Å². The molecule has 15 heavy (non-hydrogen) atoms. The van der Waals surface area contributed by atoms with E-state index in [1.165, 1.54) is 0 Å². The van der Waals surface area contributed by atoms with E-state index in [9.17, 15) is 0 Å². The van der Waals surface area contributed by atoms with Crippen LogP contribution in [0.3, 0.4) is 0 Å². The zero-order valence-electron chi connectivity index (χ0n) is 8.59. The van der Waals surface area contributed by atoms with Gasteiger partial charge in [0.05, 0.1) is 5.69 Å². The van der Waals surface area contributed by atoms with Crippen LogP contribution in [0.2, 0.25) is 0 Å². The van der Waals surface area contributed by atoms with Crippen molar-refractivity contribution in [3.05, 3.63) is 59.7 Å². The monoisotopic (exact) mass is 196 g/mol. The smallest absolute Gasteiger partial charge is 0.0633 e. The van der Waals surface area contributed by atoms with Gasteiger partial charge in [-0.3, -0.25) is 9.97 Å². The minimum atomic E-state index is 0.971. The first-order valence-corrected chi connectivity index (χ1v) is 4.86. The lowest BCUT2D eigenvalue weighted by molar-refractivity contribution is 1.18. The van der Waals surface area contributed by atoms with Crippen LogP contribution in [0.15, 0.2) is 42.7 Å². The molecule has 2 aromatic rings. The van der Waals surface area contributed by atoms with Crippen LogP contribution in [0.4, 0.5) is 0 Å². The summed E-state index contributed by atoms with van der Waals surface area (Å²) in [6, 6.07) is 9.91. The van der Waals surface area contributed by atoms with Crippen LogP contribution in [0, 0.1) is 6.92 Å². The number of aromatic nitrogens is 2. The van der Waals surface area contributed by atoms with Gasteiger partial charge in [-0.1, -0.05) is 18.2 Å². The molecule has 0 aromatic carbocycles. The Balaban J connectivity index is 2.19. The van der Waals surface area contributed by atoms with Gasteiger partial charge in [-0.2, -0.15) is 0 Å². The van der Waals surface area contributed by atoms with Gasteiger partial charge in [0.15, 0.2) is 0 Å². The summed E-state index contributed by atoms with van der Waals surface area (Å²) in [5.74, 6) is 0. The molecule has 0 aliphatic heterocycles. The third kappa shape index (κ3) is 2.74. The summed E-state index contributed by atoms with van der Waals surface area (Å²) in [7, 11) is 0. The van der Waals surface area contributed by atoms with E-state index in [-0.39, 0.29) is 0 Å². The highest BCUT2D eigenvalue weighted by atomic mass is 14.7. The molecule has 2 nitrogen and oxygen atoms in total. The van der Waals surface area contributed by atoms with E-state index >= 15 is 0 Å². The summed E-state index contributed by atoms with van der Waals surface area (Å²) in [4.78, 5) is 8.42. The lowest BCUT2D eigenvalue weighted by Crippen LogP contribution is -1.83. The Hall–Kier alpha value is -1.96. The van der Waals surface area contributed by atoms with Gasteiger partial charge in [-0.15, -0.1) is 0 Å². The van der Waals surface area contributed by atoms with E-state index in [1.807, 2.05) is 55.6 Å². The minimum Gasteiger partial charge on any atom is -0.264 e. The highest BCUT2D eigenvalue weighted by Gasteiger charge is 1.89. The molecule has 0 aliphatic rings. The van der Waals surface area contributed by atoms with Gasteiger partial charge < -0.3 is 0 Å². The maximum atomic E-state index is 4.38. The molecule has 0 fully saturated rings. The first-order chi connectivity index (χ1) is 7.34. The molecular weight excluding hydrogens is 184 g/mol. The number of pyridine rings is 2. The largest absolute Gasteiger partial charge is 0.264 e. The van der Waals surface area contributed by atoms with Gasteiger partial charge in [0.1, 0.15) is 0 Å². The van der Waals surface area contributed by atoms with E-state index in [2.05, 4.69) is 9.97 Å². The summed E-state index contributed by atoms with van der Waals surface area (Å²) >= 11 is 0. The Morgan fingerprint density at radius 3 is 2.73 bits per heavy atom. The molecule has 0 aliphatic carbocycles. The summed E-state index contributed by atoms with van der Waals surface area (Å²) in [5, 5.41) is 0. The molecule has 2 aromatic heterocycles. The van der Waals surface area contributed by atoms with Crippen LogP contribution in [0.25, 0.3) is 12.2 Å². The standard InChI is InChI=1S/C13H12N2/c1-11-4-2-6-13(15-11)8-7-12-5-3-9-14-10-12/h2-10H,1H3/b8-7+. The van der Waals surface area contributed by atoms with Gasteiger partial charge >= 0.3 is 0 Å². The van der Waals surface area contributed by atoms with Crippen LogP contribution >= 0.6 is 0 Å². The minimum absolute atomic E-state index is 0.971. The number of nitrogens with zero attached hydrogens (tertiary/aromatic N) is 2. The maximum absolute atomic E-state index is 4.38. The number of aryl methyl sites for hydroxylation is 1. The van der Waals surface area contributed by atoms with Crippen molar-refractivity contribution in [2.24, 2.45) is 0 Å². The second-order valence-corrected chi connectivity index (χ2v) is 3.32. The summed E-state index contributed by atoms with van der Waals surface area (Å²) < 4.78 is 0. The molecule has 2 heterocycles. The number of hydrogen-bond acceptors (Lipinski definition) is 2. The molecule has 2 rings (SSSR count). The van der Waals surface area contributed by atoms with E-state index in [4.69, 9.17) is 0 Å². The molecule has 0 N–H and O–H groups in total. The Morgan fingerprint density at radius 2 is 2.00 bits per heavy atom. The fourth-order valence-corrected chi connectivity index (χ4v) is 1.31. The number of rotatable bonds is 2. The first kappa shape index (κ1) is 9.59.